The first-order valence-electron chi connectivity index (χ1n) is 7.44. The molecule has 3 aromatic rings. The molecule has 0 amide bonds. The highest BCUT2D eigenvalue weighted by atomic mass is 32.2. The van der Waals surface area contributed by atoms with Gasteiger partial charge in [0, 0.05) is 40.0 Å². The van der Waals surface area contributed by atoms with Crippen molar-refractivity contribution < 1.29 is 9.36 Å². The van der Waals surface area contributed by atoms with E-state index in [1.54, 1.807) is 11.8 Å². The van der Waals surface area contributed by atoms with Crippen molar-refractivity contribution in [2.45, 2.75) is 16.7 Å². The SMILES string of the molecule is Cc1cc(C#Cc2ccc(Sc3ccsc3C=O)cc2)cc[n+]1C. The van der Waals surface area contributed by atoms with E-state index in [2.05, 4.69) is 29.4 Å². The van der Waals surface area contributed by atoms with E-state index in [0.717, 1.165) is 32.1 Å². The van der Waals surface area contributed by atoms with Crippen molar-refractivity contribution in [1.29, 1.82) is 0 Å². The fourth-order valence-corrected chi connectivity index (χ4v) is 3.88. The lowest BCUT2D eigenvalue weighted by molar-refractivity contribution is -0.677. The summed E-state index contributed by atoms with van der Waals surface area (Å²) in [5.74, 6) is 6.39. The predicted molar refractivity (Wildman–Crippen MR) is 98.6 cm³/mol. The Morgan fingerprint density at radius 3 is 2.54 bits per heavy atom. The zero-order valence-electron chi connectivity index (χ0n) is 13.4. The van der Waals surface area contributed by atoms with Crippen molar-refractivity contribution in [2.75, 3.05) is 0 Å². The van der Waals surface area contributed by atoms with E-state index in [1.807, 2.05) is 55.0 Å². The third-order valence-electron chi connectivity index (χ3n) is 3.60. The number of nitrogens with zero attached hydrogens (tertiary/aromatic N) is 1. The average molecular weight is 350 g/mol. The number of rotatable bonds is 3. The van der Waals surface area contributed by atoms with Crippen LogP contribution in [0.1, 0.15) is 26.5 Å². The minimum absolute atomic E-state index is 0.775. The van der Waals surface area contributed by atoms with E-state index in [1.165, 1.54) is 17.0 Å². The van der Waals surface area contributed by atoms with E-state index >= 15 is 0 Å². The number of pyridine rings is 1. The Bertz CT molecular complexity index is 930. The summed E-state index contributed by atoms with van der Waals surface area (Å²) in [6.07, 6.45) is 2.93. The molecule has 0 spiro atoms. The number of hydrogen-bond donors (Lipinski definition) is 0. The fourth-order valence-electron chi connectivity index (χ4n) is 2.12. The van der Waals surface area contributed by atoms with Gasteiger partial charge in [-0.3, -0.25) is 4.79 Å². The second-order valence-electron chi connectivity index (χ2n) is 5.31. The van der Waals surface area contributed by atoms with Gasteiger partial charge in [0.1, 0.15) is 7.05 Å². The van der Waals surface area contributed by atoms with Crippen LogP contribution in [0.15, 0.2) is 63.8 Å². The second kappa shape index (κ2) is 7.48. The molecule has 3 rings (SSSR count). The molecule has 2 heterocycles. The molecule has 118 valence electrons. The molecule has 0 bridgehead atoms. The molecule has 0 saturated heterocycles. The molecule has 24 heavy (non-hydrogen) atoms. The van der Waals surface area contributed by atoms with Crippen LogP contribution in [-0.2, 0) is 7.05 Å². The minimum Gasteiger partial charge on any atom is -0.297 e. The first kappa shape index (κ1) is 16.5. The third kappa shape index (κ3) is 3.94. The number of aryl methyl sites for hydroxylation is 2. The number of aromatic nitrogens is 1. The molecule has 2 nitrogen and oxygen atoms in total. The van der Waals surface area contributed by atoms with E-state index in [9.17, 15) is 4.79 Å². The normalized spacial score (nSPS) is 10.1. The lowest BCUT2D eigenvalue weighted by Crippen LogP contribution is -2.30. The molecule has 4 heteroatoms. The molecule has 1 aromatic carbocycles. The van der Waals surface area contributed by atoms with Crippen molar-refractivity contribution >= 4 is 29.4 Å². The average Bonchev–Trinajstić information content (AvgIpc) is 3.04. The Balaban J connectivity index is 1.74. The van der Waals surface area contributed by atoms with Gasteiger partial charge in [-0.1, -0.05) is 23.6 Å². The molecule has 0 fully saturated rings. The van der Waals surface area contributed by atoms with Crippen molar-refractivity contribution in [3.63, 3.8) is 0 Å². The smallest absolute Gasteiger partial charge is 0.179 e. The lowest BCUT2D eigenvalue weighted by Gasteiger charge is -2.00. The molecule has 0 aliphatic carbocycles. The number of carbonyl (C=O) groups excluding carboxylic acids is 1. The van der Waals surface area contributed by atoms with Crippen LogP contribution in [0.5, 0.6) is 0 Å². The summed E-state index contributed by atoms with van der Waals surface area (Å²) in [6.45, 7) is 2.06. The number of carbonyl (C=O) groups is 1. The molecule has 0 aliphatic heterocycles. The van der Waals surface area contributed by atoms with Gasteiger partial charge in [0.05, 0.1) is 4.88 Å². The summed E-state index contributed by atoms with van der Waals surface area (Å²) >= 11 is 3.07. The maximum absolute atomic E-state index is 11.0. The van der Waals surface area contributed by atoms with Crippen molar-refractivity contribution in [1.82, 2.24) is 0 Å². The number of benzene rings is 1. The van der Waals surface area contributed by atoms with E-state index in [4.69, 9.17) is 0 Å². The largest absolute Gasteiger partial charge is 0.297 e. The standard InChI is InChI=1S/C20H16NOS2/c1-15-13-17(9-11-21(15)2)4-3-16-5-7-18(8-6-16)24-19-10-12-23-20(19)14-22/h5-14H,1-2H3/q+1. The first-order valence-corrected chi connectivity index (χ1v) is 9.14. The molecular formula is C20H16NOS2+. The van der Waals surface area contributed by atoms with Gasteiger partial charge < -0.3 is 0 Å². The summed E-state index contributed by atoms with van der Waals surface area (Å²) in [5.41, 5.74) is 3.17. The number of thiophene rings is 1. The van der Waals surface area contributed by atoms with Crippen LogP contribution in [0.4, 0.5) is 0 Å². The maximum Gasteiger partial charge on any atom is 0.179 e. The zero-order chi connectivity index (χ0) is 16.9. The molecule has 0 unspecified atom stereocenters. The second-order valence-corrected chi connectivity index (χ2v) is 7.37. The quantitative estimate of drug-likeness (QED) is 0.400. The van der Waals surface area contributed by atoms with Crippen LogP contribution in [0.25, 0.3) is 0 Å². The molecule has 0 aliphatic rings. The third-order valence-corrected chi connectivity index (χ3v) is 5.65. The Labute approximate surface area is 150 Å². The first-order chi connectivity index (χ1) is 11.7. The summed E-state index contributed by atoms with van der Waals surface area (Å²) in [7, 11) is 2.02. The van der Waals surface area contributed by atoms with Crippen LogP contribution >= 0.6 is 23.1 Å². The monoisotopic (exact) mass is 350 g/mol. The Hall–Kier alpha value is -2.35. The van der Waals surface area contributed by atoms with Crippen LogP contribution in [-0.4, -0.2) is 6.29 Å². The zero-order valence-corrected chi connectivity index (χ0v) is 15.1. The summed E-state index contributed by atoms with van der Waals surface area (Å²) in [5, 5.41) is 1.94. The Kier molecular flexibility index (Phi) is 5.14. The highest BCUT2D eigenvalue weighted by Crippen LogP contribution is 2.32. The van der Waals surface area contributed by atoms with Crippen molar-refractivity contribution in [3.8, 4) is 11.8 Å². The Morgan fingerprint density at radius 1 is 1.08 bits per heavy atom. The summed E-state index contributed by atoms with van der Waals surface area (Å²) in [6, 6.07) is 14.2. The van der Waals surface area contributed by atoms with Gasteiger partial charge >= 0.3 is 0 Å². The van der Waals surface area contributed by atoms with Gasteiger partial charge in [-0.2, -0.15) is 0 Å². The molecular weight excluding hydrogens is 334 g/mol. The molecule has 2 aromatic heterocycles. The van der Waals surface area contributed by atoms with Crippen LogP contribution in [0.2, 0.25) is 0 Å². The summed E-state index contributed by atoms with van der Waals surface area (Å²) < 4.78 is 2.06. The van der Waals surface area contributed by atoms with E-state index in [-0.39, 0.29) is 0 Å². The van der Waals surface area contributed by atoms with Gasteiger partial charge in [-0.05, 0) is 35.7 Å². The van der Waals surface area contributed by atoms with E-state index in [0.29, 0.717) is 0 Å². The number of hydrogen-bond acceptors (Lipinski definition) is 3. The van der Waals surface area contributed by atoms with Gasteiger partial charge in [-0.25, -0.2) is 4.57 Å². The van der Waals surface area contributed by atoms with Crippen LogP contribution in [0.3, 0.4) is 0 Å². The van der Waals surface area contributed by atoms with E-state index < -0.39 is 0 Å². The predicted octanol–water partition coefficient (Wildman–Crippen LogP) is 4.24. The van der Waals surface area contributed by atoms with Gasteiger partial charge in [-0.15, -0.1) is 11.3 Å². The molecule has 0 radical (unpaired) electrons. The van der Waals surface area contributed by atoms with Crippen LogP contribution in [0, 0.1) is 18.8 Å². The lowest BCUT2D eigenvalue weighted by atomic mass is 10.2. The van der Waals surface area contributed by atoms with Gasteiger partial charge in [0.15, 0.2) is 18.2 Å². The highest BCUT2D eigenvalue weighted by molar-refractivity contribution is 7.99. The minimum atomic E-state index is 0.775. The van der Waals surface area contributed by atoms with Crippen molar-refractivity contribution in [3.05, 3.63) is 75.7 Å². The van der Waals surface area contributed by atoms with Gasteiger partial charge in [0.25, 0.3) is 0 Å². The fraction of sp³-hybridized carbons (Fsp3) is 0.100. The molecule has 0 N–H and O–H groups in total. The number of aldehydes is 1. The van der Waals surface area contributed by atoms with Crippen molar-refractivity contribution in [2.24, 2.45) is 7.05 Å². The summed E-state index contributed by atoms with van der Waals surface area (Å²) in [4.78, 5) is 13.9. The maximum atomic E-state index is 11.0. The topological polar surface area (TPSA) is 20.9 Å². The molecule has 0 saturated carbocycles. The Morgan fingerprint density at radius 2 is 1.83 bits per heavy atom. The molecule has 0 atom stereocenters. The van der Waals surface area contributed by atoms with Gasteiger partial charge in [0.2, 0.25) is 0 Å². The highest BCUT2D eigenvalue weighted by Gasteiger charge is 2.05. The van der Waals surface area contributed by atoms with Crippen LogP contribution < -0.4 is 4.57 Å².